The second-order valence-electron chi connectivity index (χ2n) is 18.9. The third-order valence-corrected chi connectivity index (χ3v) is 14.9. The van der Waals surface area contributed by atoms with Gasteiger partial charge in [-0.2, -0.15) is 0 Å². The highest BCUT2D eigenvalue weighted by atomic mass is 15.0. The Bertz CT molecular complexity index is 3660. The number of aryl methyl sites for hydroxylation is 1. The Balaban J connectivity index is 0.992. The zero-order valence-corrected chi connectivity index (χ0v) is 37.1. The van der Waals surface area contributed by atoms with Crippen LogP contribution in [-0.4, -0.2) is 13.7 Å². The van der Waals surface area contributed by atoms with Crippen molar-refractivity contribution in [1.82, 2.24) is 13.7 Å². The summed E-state index contributed by atoms with van der Waals surface area (Å²) < 4.78 is 7.40. The SMILES string of the molecule is Cc1ccc(-n2c3ccc(-c4ccc5c(c4)c4c(n5-c5ccccc5)C(C)CC(C5CCCCC5)=C4)cc3c3cc(-c4ccc5c(c4)c4ccccc4n5-c4ccccc4)ccc32)cc1. The molecule has 2 aliphatic carbocycles. The molecule has 3 heteroatoms. The van der Waals surface area contributed by atoms with E-state index in [1.54, 1.807) is 5.57 Å². The second-order valence-corrected chi connectivity index (χ2v) is 18.9. The van der Waals surface area contributed by atoms with Gasteiger partial charge in [0.2, 0.25) is 0 Å². The maximum Gasteiger partial charge on any atom is 0.0541 e. The van der Waals surface area contributed by atoms with Gasteiger partial charge in [-0.05, 0) is 145 Å². The minimum absolute atomic E-state index is 0.449. The van der Waals surface area contributed by atoms with Crippen LogP contribution in [0.5, 0.6) is 0 Å². The zero-order chi connectivity index (χ0) is 43.2. The first kappa shape index (κ1) is 38.1. The fourth-order valence-electron chi connectivity index (χ4n) is 11.8. The molecule has 65 heavy (non-hydrogen) atoms. The minimum Gasteiger partial charge on any atom is -0.313 e. The normalized spacial score (nSPS) is 15.7. The molecule has 3 heterocycles. The molecule has 0 spiro atoms. The molecule has 314 valence electrons. The Hall–Kier alpha value is -7.36. The van der Waals surface area contributed by atoms with Crippen molar-refractivity contribution in [3.63, 3.8) is 0 Å². The number of allylic oxidation sites excluding steroid dienone is 1. The fourth-order valence-corrected chi connectivity index (χ4v) is 11.8. The van der Waals surface area contributed by atoms with E-state index in [2.05, 4.69) is 216 Å². The summed E-state index contributed by atoms with van der Waals surface area (Å²) in [6.07, 6.45) is 10.5. The smallest absolute Gasteiger partial charge is 0.0541 e. The molecule has 1 unspecified atom stereocenters. The molecule has 11 aromatic rings. The molecule has 0 radical (unpaired) electrons. The number of hydrogen-bond acceptors (Lipinski definition) is 0. The van der Waals surface area contributed by atoms with Crippen molar-refractivity contribution < 1.29 is 0 Å². The van der Waals surface area contributed by atoms with Gasteiger partial charge in [-0.15, -0.1) is 0 Å². The van der Waals surface area contributed by atoms with Crippen molar-refractivity contribution in [2.75, 3.05) is 0 Å². The van der Waals surface area contributed by atoms with Crippen LogP contribution in [0.25, 0.3) is 99.9 Å². The summed E-state index contributed by atoms with van der Waals surface area (Å²) in [7, 11) is 0. The third-order valence-electron chi connectivity index (χ3n) is 14.9. The first-order valence-electron chi connectivity index (χ1n) is 23.7. The van der Waals surface area contributed by atoms with Gasteiger partial charge in [0.05, 0.1) is 27.6 Å². The average molecular weight is 838 g/mol. The van der Waals surface area contributed by atoms with Gasteiger partial charge >= 0.3 is 0 Å². The van der Waals surface area contributed by atoms with Gasteiger partial charge in [0.15, 0.2) is 0 Å². The molecule has 3 nitrogen and oxygen atoms in total. The number of nitrogens with zero attached hydrogens (tertiary/aromatic N) is 3. The molecule has 0 amide bonds. The summed E-state index contributed by atoms with van der Waals surface area (Å²) in [6.45, 7) is 4.62. The molecular weight excluding hydrogens is 787 g/mol. The molecule has 0 saturated heterocycles. The quantitative estimate of drug-likeness (QED) is 0.158. The summed E-state index contributed by atoms with van der Waals surface area (Å²) in [5.74, 6) is 1.16. The van der Waals surface area contributed by atoms with Gasteiger partial charge in [-0.25, -0.2) is 0 Å². The lowest BCUT2D eigenvalue weighted by Gasteiger charge is -2.30. The standard InChI is InChI=1S/C62H51N3/c1-40-22-28-50(29-23-40)64-59-31-25-44(43-24-30-58-52(35-43)51-20-12-13-21-57(51)63(58)48-16-8-4-9-17-48)36-53(59)54-37-45(26-32-60(54)64)46-27-33-61-55(38-46)56-39-47(42-14-6-3-7-15-42)34-41(2)62(56)65(61)49-18-10-5-11-19-49/h4-5,8-13,16-33,35-39,41-42H,3,6-7,14-15,34H2,1-2H3. The van der Waals surface area contributed by atoms with Crippen LogP contribution in [0.15, 0.2) is 188 Å². The zero-order valence-electron chi connectivity index (χ0n) is 37.1. The number of hydrogen-bond donors (Lipinski definition) is 0. The lowest BCUT2D eigenvalue weighted by Crippen LogP contribution is -2.16. The first-order chi connectivity index (χ1) is 32.1. The summed E-state index contributed by atoms with van der Waals surface area (Å²) in [4.78, 5) is 0. The van der Waals surface area contributed by atoms with Crippen LogP contribution >= 0.6 is 0 Å². The maximum atomic E-state index is 2.62. The van der Waals surface area contributed by atoms with Crippen molar-refractivity contribution in [2.45, 2.75) is 58.3 Å². The number of benzene rings is 8. The molecule has 0 bridgehead atoms. The van der Waals surface area contributed by atoms with Crippen LogP contribution in [0, 0.1) is 12.8 Å². The van der Waals surface area contributed by atoms with E-state index < -0.39 is 0 Å². The topological polar surface area (TPSA) is 14.8 Å². The Morgan fingerprint density at radius 3 is 1.42 bits per heavy atom. The lowest BCUT2D eigenvalue weighted by atomic mass is 9.76. The van der Waals surface area contributed by atoms with Crippen molar-refractivity contribution in [2.24, 2.45) is 5.92 Å². The molecule has 2 aliphatic rings. The van der Waals surface area contributed by atoms with Gasteiger partial charge in [-0.3, -0.25) is 0 Å². The molecular formula is C62H51N3. The molecule has 13 rings (SSSR count). The van der Waals surface area contributed by atoms with Crippen LogP contribution in [-0.2, 0) is 0 Å². The molecule has 0 N–H and O–H groups in total. The van der Waals surface area contributed by atoms with Gasteiger partial charge < -0.3 is 13.7 Å². The summed E-state index contributed by atoms with van der Waals surface area (Å²) in [6, 6.07) is 68.0. The third kappa shape index (κ3) is 6.16. The van der Waals surface area contributed by atoms with Crippen molar-refractivity contribution in [1.29, 1.82) is 0 Å². The van der Waals surface area contributed by atoms with Crippen LogP contribution in [0.4, 0.5) is 0 Å². The summed E-state index contributed by atoms with van der Waals surface area (Å²) in [5.41, 5.74) is 20.5. The van der Waals surface area contributed by atoms with E-state index in [4.69, 9.17) is 0 Å². The van der Waals surface area contributed by atoms with E-state index in [0.29, 0.717) is 11.8 Å². The Labute approximate surface area is 380 Å². The van der Waals surface area contributed by atoms with E-state index >= 15 is 0 Å². The summed E-state index contributed by atoms with van der Waals surface area (Å²) >= 11 is 0. The van der Waals surface area contributed by atoms with Gasteiger partial charge in [0, 0.05) is 61.2 Å². The van der Waals surface area contributed by atoms with Crippen LogP contribution in [0.3, 0.4) is 0 Å². The molecule has 3 aromatic heterocycles. The predicted molar refractivity (Wildman–Crippen MR) is 275 cm³/mol. The monoisotopic (exact) mass is 837 g/mol. The van der Waals surface area contributed by atoms with Crippen LogP contribution in [0.2, 0.25) is 0 Å². The van der Waals surface area contributed by atoms with Crippen molar-refractivity contribution in [3.8, 4) is 39.3 Å². The van der Waals surface area contributed by atoms with E-state index in [0.717, 1.165) is 6.42 Å². The molecule has 8 aromatic carbocycles. The highest BCUT2D eigenvalue weighted by Gasteiger charge is 2.30. The van der Waals surface area contributed by atoms with E-state index in [9.17, 15) is 0 Å². The Kier molecular flexibility index (Phi) is 8.88. The van der Waals surface area contributed by atoms with Gasteiger partial charge in [0.1, 0.15) is 0 Å². The highest BCUT2D eigenvalue weighted by molar-refractivity contribution is 6.13. The fraction of sp³-hybridized carbons (Fsp3) is 0.161. The number of rotatable bonds is 6. The number of fused-ring (bicyclic) bond motifs is 9. The molecule has 1 saturated carbocycles. The number of aromatic nitrogens is 3. The molecule has 1 fully saturated rings. The van der Waals surface area contributed by atoms with E-state index in [1.807, 2.05) is 0 Å². The number of para-hydroxylation sites is 3. The minimum atomic E-state index is 0.449. The first-order valence-corrected chi connectivity index (χ1v) is 23.7. The summed E-state index contributed by atoms with van der Waals surface area (Å²) in [5, 5.41) is 6.41. The predicted octanol–water partition coefficient (Wildman–Crippen LogP) is 16.9. The van der Waals surface area contributed by atoms with Crippen molar-refractivity contribution >= 4 is 60.6 Å². The highest BCUT2D eigenvalue weighted by Crippen LogP contribution is 2.47. The van der Waals surface area contributed by atoms with Crippen LogP contribution < -0.4 is 0 Å². The van der Waals surface area contributed by atoms with Crippen LogP contribution in [0.1, 0.15) is 68.2 Å². The largest absolute Gasteiger partial charge is 0.313 e. The van der Waals surface area contributed by atoms with Gasteiger partial charge in [-0.1, -0.05) is 134 Å². The maximum absolute atomic E-state index is 2.62. The Morgan fingerprint density at radius 2 is 0.846 bits per heavy atom. The molecule has 0 aliphatic heterocycles. The van der Waals surface area contributed by atoms with Crippen molar-refractivity contribution in [3.05, 3.63) is 204 Å². The second kappa shape index (κ2) is 15.1. The van der Waals surface area contributed by atoms with Gasteiger partial charge in [0.25, 0.3) is 0 Å². The van der Waals surface area contributed by atoms with E-state index in [1.165, 1.54) is 143 Å². The van der Waals surface area contributed by atoms with E-state index in [-0.39, 0.29) is 0 Å². The Morgan fingerprint density at radius 1 is 0.400 bits per heavy atom. The average Bonchev–Trinajstić information content (AvgIpc) is 4.00. The lowest BCUT2D eigenvalue weighted by molar-refractivity contribution is 0.391. The molecule has 1 atom stereocenters.